The summed E-state index contributed by atoms with van der Waals surface area (Å²) in [7, 11) is 0. The second-order valence-corrected chi connectivity index (χ2v) is 20.7. The van der Waals surface area contributed by atoms with Gasteiger partial charge in [-0.1, -0.05) is 60.1 Å². The number of fused-ring (bicyclic) bond motifs is 7. The van der Waals surface area contributed by atoms with Crippen LogP contribution in [0.1, 0.15) is 113 Å². The molecular formula is C42H68O13. The van der Waals surface area contributed by atoms with E-state index in [-0.39, 0.29) is 45.0 Å². The van der Waals surface area contributed by atoms with Crippen molar-refractivity contribution in [3.8, 4) is 0 Å². The van der Waals surface area contributed by atoms with Gasteiger partial charge in [0.2, 0.25) is 0 Å². The van der Waals surface area contributed by atoms with E-state index in [9.17, 15) is 45.6 Å². The number of allylic oxidation sites excluding steroid dienone is 2. The van der Waals surface area contributed by atoms with Crippen molar-refractivity contribution in [1.29, 1.82) is 0 Å². The molecule has 8 N–H and O–H groups in total. The largest absolute Gasteiger partial charge is 0.481 e. The van der Waals surface area contributed by atoms with Gasteiger partial charge in [-0.25, -0.2) is 0 Å². The third-order valence-electron chi connectivity index (χ3n) is 17.3. The summed E-state index contributed by atoms with van der Waals surface area (Å²) in [6.45, 7) is 15.1. The van der Waals surface area contributed by atoms with Gasteiger partial charge in [-0.15, -0.1) is 0 Å². The maximum Gasteiger partial charge on any atom is 0.310 e. The molecular weight excluding hydrogens is 712 g/mol. The molecule has 0 amide bonds. The molecule has 0 spiro atoms. The first-order chi connectivity index (χ1) is 25.6. The van der Waals surface area contributed by atoms with Gasteiger partial charge in [0.1, 0.15) is 48.8 Å². The van der Waals surface area contributed by atoms with Crippen molar-refractivity contribution < 1.29 is 64.6 Å². The number of hydrogen-bond acceptors (Lipinski definition) is 12. The second-order valence-electron chi connectivity index (χ2n) is 20.7. The Hall–Kier alpha value is -1.23. The van der Waals surface area contributed by atoms with E-state index in [1.807, 2.05) is 0 Å². The highest BCUT2D eigenvalue weighted by atomic mass is 16.7. The predicted molar refractivity (Wildman–Crippen MR) is 198 cm³/mol. The summed E-state index contributed by atoms with van der Waals surface area (Å²) in [6.07, 6.45) is -4.17. The first-order valence-electron chi connectivity index (χ1n) is 20.8. The van der Waals surface area contributed by atoms with Crippen molar-refractivity contribution in [2.45, 2.75) is 180 Å². The molecule has 18 atom stereocenters. The van der Waals surface area contributed by atoms with Gasteiger partial charge in [-0.05, 0) is 109 Å². The predicted octanol–water partition coefficient (Wildman–Crippen LogP) is 2.88. The number of aliphatic carboxylic acids is 1. The van der Waals surface area contributed by atoms with E-state index < -0.39 is 86.0 Å². The fourth-order valence-corrected chi connectivity index (χ4v) is 13.7. The lowest BCUT2D eigenvalue weighted by molar-refractivity contribution is -0.368. The van der Waals surface area contributed by atoms with Crippen LogP contribution in [0.3, 0.4) is 0 Å². The average Bonchev–Trinajstić information content (AvgIpc) is 3.12. The zero-order valence-corrected chi connectivity index (χ0v) is 33.8. The van der Waals surface area contributed by atoms with Crippen LogP contribution in [0, 0.1) is 50.2 Å². The average molecular weight is 781 g/mol. The van der Waals surface area contributed by atoms with E-state index in [4.69, 9.17) is 18.9 Å². The lowest BCUT2D eigenvalue weighted by atomic mass is 9.33. The highest BCUT2D eigenvalue weighted by molar-refractivity contribution is 5.76. The van der Waals surface area contributed by atoms with E-state index in [0.29, 0.717) is 12.3 Å². The molecule has 2 heterocycles. The van der Waals surface area contributed by atoms with Gasteiger partial charge in [0.05, 0.1) is 24.7 Å². The van der Waals surface area contributed by atoms with Crippen molar-refractivity contribution in [3.05, 3.63) is 11.6 Å². The van der Waals surface area contributed by atoms with Crippen LogP contribution in [0.25, 0.3) is 0 Å². The van der Waals surface area contributed by atoms with Crippen LogP contribution < -0.4 is 0 Å². The van der Waals surface area contributed by atoms with Crippen LogP contribution in [-0.4, -0.2) is 128 Å². The highest BCUT2D eigenvalue weighted by Crippen LogP contribution is 2.76. The maximum absolute atomic E-state index is 13.0. The minimum Gasteiger partial charge on any atom is -0.481 e. The molecule has 0 radical (unpaired) electrons. The number of aliphatic hydroxyl groups is 7. The Morgan fingerprint density at radius 3 is 2.00 bits per heavy atom. The number of carboxylic acid groups (broad SMARTS) is 1. The summed E-state index contributed by atoms with van der Waals surface area (Å²) >= 11 is 0. The van der Waals surface area contributed by atoms with Crippen molar-refractivity contribution in [2.24, 2.45) is 50.2 Å². The molecule has 7 aliphatic rings. The fourth-order valence-electron chi connectivity index (χ4n) is 13.7. The third kappa shape index (κ3) is 6.23. The Bertz CT molecular complexity index is 1480. The molecule has 0 aromatic rings. The van der Waals surface area contributed by atoms with E-state index in [0.717, 1.165) is 57.8 Å². The Morgan fingerprint density at radius 2 is 1.35 bits per heavy atom. The summed E-state index contributed by atoms with van der Waals surface area (Å²) in [4.78, 5) is 13.0. The molecule has 314 valence electrons. The lowest BCUT2D eigenvalue weighted by Crippen LogP contribution is -2.66. The standard InChI is InChI=1S/C42H68O13/c1-37(2)14-16-42(36(50)51)17-15-40(6)21(22(42)18-37)8-9-26-39(5)12-11-27(38(3,4)25(39)10-13-41(26,40)7)54-34-32(49)30(47)33(24(20-44)53-34)55-35-31(48)29(46)28(45)23(19-43)52-35/h8,22-35,43-49H,9-20H2,1-7H3,(H,50,51)/t22-,23+,24+,25-,26+,27-,28+,29-,30+,31+,32+,33+,34-,35-,39-,40+,41+,42-/m0/s1. The Morgan fingerprint density at radius 1 is 0.727 bits per heavy atom. The SMILES string of the molecule is CC1(C)CC[C@]2(C(=O)O)CC[C@]3(C)C(=CC[C@@H]4[C@@]5(C)CC[C@H](O[C@@H]6O[C@H](CO)[C@@H](O[C@@H]7O[C@H](CO)[C@@H](O)[C@H](O)[C@H]7O)[C@H](O)[C@H]6O)C(C)(C)[C@@H]5CC[C@]43C)[C@@H]2C1. The first-order valence-corrected chi connectivity index (χ1v) is 20.8. The molecule has 13 nitrogen and oxygen atoms in total. The molecule has 2 aliphatic heterocycles. The molecule has 4 saturated carbocycles. The molecule has 55 heavy (non-hydrogen) atoms. The van der Waals surface area contributed by atoms with Crippen molar-refractivity contribution in [1.82, 2.24) is 0 Å². The van der Waals surface area contributed by atoms with Gasteiger partial charge >= 0.3 is 5.97 Å². The summed E-state index contributed by atoms with van der Waals surface area (Å²) in [5.41, 5.74) is 0.344. The molecule has 0 bridgehead atoms. The van der Waals surface area contributed by atoms with Crippen LogP contribution in [-0.2, 0) is 23.7 Å². The van der Waals surface area contributed by atoms with Gasteiger partial charge in [-0.2, -0.15) is 0 Å². The second kappa shape index (κ2) is 14.2. The lowest BCUT2D eigenvalue weighted by Gasteiger charge is -2.71. The third-order valence-corrected chi connectivity index (χ3v) is 17.3. The molecule has 5 aliphatic carbocycles. The summed E-state index contributed by atoms with van der Waals surface area (Å²) in [5, 5.41) is 84.2. The summed E-state index contributed by atoms with van der Waals surface area (Å²) in [5.74, 6) is 0.0886. The minimum absolute atomic E-state index is 0.00451. The summed E-state index contributed by atoms with van der Waals surface area (Å²) < 4.78 is 23.9. The molecule has 0 unspecified atom stereocenters. The topological polar surface area (TPSA) is 216 Å². The molecule has 2 saturated heterocycles. The maximum atomic E-state index is 13.0. The number of carbonyl (C=O) groups is 1. The number of rotatable bonds is 7. The van der Waals surface area contributed by atoms with Crippen LogP contribution in [0.2, 0.25) is 0 Å². The Labute approximate surface area is 325 Å². The Balaban J connectivity index is 1.08. The molecule has 0 aromatic heterocycles. The molecule has 7 rings (SSSR count). The van der Waals surface area contributed by atoms with Gasteiger partial charge < -0.3 is 59.8 Å². The van der Waals surface area contributed by atoms with E-state index in [2.05, 4.69) is 54.5 Å². The molecule has 13 heteroatoms. The monoisotopic (exact) mass is 780 g/mol. The van der Waals surface area contributed by atoms with Crippen LogP contribution in [0.4, 0.5) is 0 Å². The van der Waals surface area contributed by atoms with E-state index in [1.54, 1.807) is 0 Å². The minimum atomic E-state index is -1.74. The van der Waals surface area contributed by atoms with Gasteiger partial charge in [0.25, 0.3) is 0 Å². The normalized spacial score (nSPS) is 53.2. The van der Waals surface area contributed by atoms with Crippen molar-refractivity contribution in [2.75, 3.05) is 13.2 Å². The van der Waals surface area contributed by atoms with Crippen LogP contribution in [0.5, 0.6) is 0 Å². The first kappa shape index (κ1) is 41.9. The highest BCUT2D eigenvalue weighted by Gasteiger charge is 2.69. The smallest absolute Gasteiger partial charge is 0.310 e. The van der Waals surface area contributed by atoms with E-state index >= 15 is 0 Å². The van der Waals surface area contributed by atoms with Gasteiger partial charge in [-0.3, -0.25) is 4.79 Å². The zero-order chi connectivity index (χ0) is 40.3. The van der Waals surface area contributed by atoms with Gasteiger partial charge in [0.15, 0.2) is 12.6 Å². The number of aliphatic hydroxyl groups excluding tert-OH is 7. The van der Waals surface area contributed by atoms with Gasteiger partial charge in [0, 0.05) is 0 Å². The van der Waals surface area contributed by atoms with Crippen LogP contribution in [0.15, 0.2) is 11.6 Å². The number of carboxylic acids is 1. The van der Waals surface area contributed by atoms with Crippen molar-refractivity contribution in [3.63, 3.8) is 0 Å². The molecule has 0 aromatic carbocycles. The summed E-state index contributed by atoms with van der Waals surface area (Å²) in [6, 6.07) is 0. The quantitative estimate of drug-likeness (QED) is 0.138. The van der Waals surface area contributed by atoms with Crippen LogP contribution >= 0.6 is 0 Å². The van der Waals surface area contributed by atoms with Crippen molar-refractivity contribution >= 4 is 5.97 Å². The Kier molecular flexibility index (Phi) is 10.8. The fraction of sp³-hybridized carbons (Fsp3) is 0.929. The van der Waals surface area contributed by atoms with E-state index in [1.165, 1.54) is 5.57 Å². The number of ether oxygens (including phenoxy) is 4. The number of hydrogen-bond donors (Lipinski definition) is 8. The zero-order valence-electron chi connectivity index (χ0n) is 33.8. The molecule has 6 fully saturated rings.